The van der Waals surface area contributed by atoms with E-state index in [1.165, 1.54) is 7.11 Å². The summed E-state index contributed by atoms with van der Waals surface area (Å²) in [5, 5.41) is 15.3. The van der Waals surface area contributed by atoms with Gasteiger partial charge in [-0.15, -0.1) is 0 Å². The molecule has 0 aromatic heterocycles. The number of anilines is 1. The van der Waals surface area contributed by atoms with Crippen molar-refractivity contribution in [1.82, 2.24) is 5.32 Å². The molecule has 3 N–H and O–H groups in total. The van der Waals surface area contributed by atoms with Crippen molar-refractivity contribution in [3.05, 3.63) is 23.8 Å². The Morgan fingerprint density at radius 2 is 2.47 bits per heavy atom. The van der Waals surface area contributed by atoms with E-state index in [0.717, 1.165) is 12.2 Å². The van der Waals surface area contributed by atoms with Crippen molar-refractivity contribution >= 4 is 11.6 Å². The van der Waals surface area contributed by atoms with Crippen LogP contribution in [0.4, 0.5) is 5.69 Å². The van der Waals surface area contributed by atoms with Crippen LogP contribution in [0.25, 0.3) is 0 Å². The zero-order valence-corrected chi connectivity index (χ0v) is 10.8. The Kier molecular flexibility index (Phi) is 4.59. The lowest BCUT2D eigenvalue weighted by atomic mass is 10.1. The van der Waals surface area contributed by atoms with E-state index in [4.69, 9.17) is 9.47 Å². The number of ether oxygens (including phenoxy) is 2. The van der Waals surface area contributed by atoms with E-state index in [1.54, 1.807) is 12.1 Å². The first-order chi connectivity index (χ1) is 9.22. The van der Waals surface area contributed by atoms with Crippen LogP contribution in [0.3, 0.4) is 0 Å². The van der Waals surface area contributed by atoms with Crippen LogP contribution in [0.5, 0.6) is 5.75 Å². The second-order valence-corrected chi connectivity index (χ2v) is 4.28. The maximum Gasteiger partial charge on any atom is 0.255 e. The summed E-state index contributed by atoms with van der Waals surface area (Å²) in [6.07, 6.45) is -0.715. The Bertz CT molecular complexity index is 450. The summed E-state index contributed by atoms with van der Waals surface area (Å²) in [5.41, 5.74) is 1.28. The molecule has 0 fully saturated rings. The van der Waals surface area contributed by atoms with E-state index in [1.807, 2.05) is 6.07 Å². The zero-order valence-electron chi connectivity index (χ0n) is 10.8. The number of nitrogens with one attached hydrogen (secondary N) is 2. The van der Waals surface area contributed by atoms with Crippen molar-refractivity contribution in [2.75, 3.05) is 38.7 Å². The summed E-state index contributed by atoms with van der Waals surface area (Å²) in [7, 11) is 1.50. The summed E-state index contributed by atoms with van der Waals surface area (Å²) < 4.78 is 10.3. The number of carbonyl (C=O) groups is 1. The summed E-state index contributed by atoms with van der Waals surface area (Å²) in [4.78, 5) is 12.1. The number of amides is 1. The molecule has 0 saturated heterocycles. The molecular weight excluding hydrogens is 248 g/mol. The third kappa shape index (κ3) is 3.36. The summed E-state index contributed by atoms with van der Waals surface area (Å²) in [6.45, 7) is 1.59. The van der Waals surface area contributed by atoms with Gasteiger partial charge in [-0.3, -0.25) is 4.79 Å². The number of hydrogen-bond donors (Lipinski definition) is 3. The lowest BCUT2D eigenvalue weighted by molar-refractivity contribution is 0.0609. The normalized spacial score (nSPS) is 14.8. The molecule has 6 heteroatoms. The third-order valence-corrected chi connectivity index (χ3v) is 2.78. The van der Waals surface area contributed by atoms with Crippen LogP contribution < -0.4 is 15.4 Å². The number of benzene rings is 1. The van der Waals surface area contributed by atoms with Gasteiger partial charge in [-0.25, -0.2) is 0 Å². The predicted octanol–water partition coefficient (Wildman–Crippen LogP) is 0.228. The van der Waals surface area contributed by atoms with Crippen LogP contribution in [0.1, 0.15) is 10.4 Å². The molecule has 1 aliphatic rings. The van der Waals surface area contributed by atoms with Crippen LogP contribution in [0, 0.1) is 0 Å². The summed E-state index contributed by atoms with van der Waals surface area (Å²) in [6, 6.07) is 5.36. The van der Waals surface area contributed by atoms with E-state index in [0.29, 0.717) is 17.9 Å². The molecule has 2 rings (SSSR count). The molecule has 104 valence electrons. The van der Waals surface area contributed by atoms with Gasteiger partial charge in [0, 0.05) is 20.2 Å². The number of carbonyl (C=O) groups excluding carboxylic acids is 1. The Balaban J connectivity index is 2.03. The molecule has 1 amide bonds. The molecule has 0 bridgehead atoms. The summed E-state index contributed by atoms with van der Waals surface area (Å²) in [5.74, 6) is 0.295. The van der Waals surface area contributed by atoms with E-state index < -0.39 is 6.10 Å². The molecule has 6 nitrogen and oxygen atoms in total. The Hall–Kier alpha value is -1.79. The molecule has 0 aliphatic carbocycles. The maximum atomic E-state index is 12.1. The van der Waals surface area contributed by atoms with Gasteiger partial charge < -0.3 is 25.2 Å². The second-order valence-electron chi connectivity index (χ2n) is 4.28. The van der Waals surface area contributed by atoms with Crippen molar-refractivity contribution in [2.24, 2.45) is 0 Å². The largest absolute Gasteiger partial charge is 0.489 e. The number of aliphatic hydroxyl groups is 1. The topological polar surface area (TPSA) is 79.8 Å². The number of rotatable bonds is 5. The average molecular weight is 266 g/mol. The molecule has 1 aliphatic heterocycles. The minimum absolute atomic E-state index is 0.143. The Morgan fingerprint density at radius 3 is 3.26 bits per heavy atom. The standard InChI is InChI=1S/C13H18N2O4/c1-18-8-9(16)7-15-13(17)10-3-2-4-11-12(10)19-6-5-14-11/h2-4,9,14,16H,5-8H2,1H3,(H,15,17). The summed E-state index contributed by atoms with van der Waals surface area (Å²) >= 11 is 0. The van der Waals surface area contributed by atoms with Gasteiger partial charge in [-0.2, -0.15) is 0 Å². The molecule has 1 aromatic carbocycles. The van der Waals surface area contributed by atoms with E-state index in [2.05, 4.69) is 10.6 Å². The van der Waals surface area contributed by atoms with Crippen molar-refractivity contribution in [3.63, 3.8) is 0 Å². The zero-order chi connectivity index (χ0) is 13.7. The fourth-order valence-corrected chi connectivity index (χ4v) is 1.91. The van der Waals surface area contributed by atoms with Crippen molar-refractivity contribution < 1.29 is 19.4 Å². The molecule has 0 saturated carbocycles. The van der Waals surface area contributed by atoms with E-state index in [-0.39, 0.29) is 19.1 Å². The fourth-order valence-electron chi connectivity index (χ4n) is 1.91. The second kappa shape index (κ2) is 6.40. The molecule has 1 aromatic rings. The minimum Gasteiger partial charge on any atom is -0.489 e. The van der Waals surface area contributed by atoms with E-state index in [9.17, 15) is 9.90 Å². The average Bonchev–Trinajstić information content (AvgIpc) is 2.44. The van der Waals surface area contributed by atoms with Gasteiger partial charge in [0.25, 0.3) is 5.91 Å². The first kappa shape index (κ1) is 13.6. The van der Waals surface area contributed by atoms with Crippen LogP contribution in [0.15, 0.2) is 18.2 Å². The minimum atomic E-state index is -0.715. The van der Waals surface area contributed by atoms with Crippen molar-refractivity contribution in [1.29, 1.82) is 0 Å². The third-order valence-electron chi connectivity index (χ3n) is 2.78. The highest BCUT2D eigenvalue weighted by Gasteiger charge is 2.19. The van der Waals surface area contributed by atoms with Crippen LogP contribution in [-0.4, -0.2) is 50.5 Å². The Morgan fingerprint density at radius 1 is 1.63 bits per heavy atom. The molecule has 1 unspecified atom stereocenters. The first-order valence-corrected chi connectivity index (χ1v) is 6.17. The van der Waals surface area contributed by atoms with Crippen molar-refractivity contribution in [2.45, 2.75) is 6.10 Å². The molecule has 0 radical (unpaired) electrons. The van der Waals surface area contributed by atoms with Gasteiger partial charge in [0.2, 0.25) is 0 Å². The smallest absolute Gasteiger partial charge is 0.255 e. The van der Waals surface area contributed by atoms with Gasteiger partial charge in [0.15, 0.2) is 5.75 Å². The quantitative estimate of drug-likeness (QED) is 0.711. The number of fused-ring (bicyclic) bond motifs is 1. The van der Waals surface area contributed by atoms with Gasteiger partial charge in [-0.05, 0) is 12.1 Å². The monoisotopic (exact) mass is 266 g/mol. The molecular formula is C13H18N2O4. The van der Waals surface area contributed by atoms with Crippen LogP contribution >= 0.6 is 0 Å². The van der Waals surface area contributed by atoms with Gasteiger partial charge >= 0.3 is 0 Å². The SMILES string of the molecule is COCC(O)CNC(=O)c1cccc2c1OCCN2. The number of hydrogen-bond acceptors (Lipinski definition) is 5. The predicted molar refractivity (Wildman–Crippen MR) is 70.6 cm³/mol. The first-order valence-electron chi connectivity index (χ1n) is 6.17. The van der Waals surface area contributed by atoms with Crippen molar-refractivity contribution in [3.8, 4) is 5.75 Å². The molecule has 1 atom stereocenters. The van der Waals surface area contributed by atoms with E-state index >= 15 is 0 Å². The molecule has 19 heavy (non-hydrogen) atoms. The van der Waals surface area contributed by atoms with Gasteiger partial charge in [0.1, 0.15) is 6.61 Å². The van der Waals surface area contributed by atoms with Crippen LogP contribution in [0.2, 0.25) is 0 Å². The highest BCUT2D eigenvalue weighted by Crippen LogP contribution is 2.30. The Labute approximate surface area is 111 Å². The van der Waals surface area contributed by atoms with Gasteiger partial charge in [-0.1, -0.05) is 6.07 Å². The number of methoxy groups -OCH3 is 1. The highest BCUT2D eigenvalue weighted by atomic mass is 16.5. The lowest BCUT2D eigenvalue weighted by Gasteiger charge is -2.21. The number of aliphatic hydroxyl groups excluding tert-OH is 1. The maximum absolute atomic E-state index is 12.1. The molecule has 1 heterocycles. The van der Waals surface area contributed by atoms with Gasteiger partial charge in [0.05, 0.1) is 24.0 Å². The number of para-hydroxylation sites is 1. The fraction of sp³-hybridized carbons (Fsp3) is 0.462. The van der Waals surface area contributed by atoms with Crippen LogP contribution in [-0.2, 0) is 4.74 Å². The lowest BCUT2D eigenvalue weighted by Crippen LogP contribution is -2.35. The highest BCUT2D eigenvalue weighted by molar-refractivity contribution is 5.99. The molecule has 0 spiro atoms.